The van der Waals surface area contributed by atoms with Gasteiger partial charge in [-0.1, -0.05) is 64.8 Å². The Morgan fingerprint density at radius 3 is 1.75 bits per heavy atom. The lowest BCUT2D eigenvalue weighted by atomic mass is 9.76. The highest BCUT2D eigenvalue weighted by Crippen LogP contribution is 2.42. The molecule has 0 heterocycles. The quantitative estimate of drug-likeness (QED) is 0.0324. The van der Waals surface area contributed by atoms with E-state index < -0.39 is 54.9 Å². The van der Waals surface area contributed by atoms with Crippen molar-refractivity contribution in [1.29, 1.82) is 0 Å². The third-order valence-corrected chi connectivity index (χ3v) is 11.1. The number of hydrogen-bond donors (Lipinski definition) is 0. The largest absolute Gasteiger partial charge is 0.492 e. The van der Waals surface area contributed by atoms with Crippen molar-refractivity contribution in [3.63, 3.8) is 0 Å². The predicted octanol–water partition coefficient (Wildman–Crippen LogP) is 8.44. The molecule has 14 heteroatoms. The van der Waals surface area contributed by atoms with E-state index in [1.54, 1.807) is 19.9 Å². The number of unbranched alkanes of at least 4 members (excludes halogenated alkanes) is 2. The van der Waals surface area contributed by atoms with Gasteiger partial charge in [-0.3, -0.25) is 0 Å². The lowest BCUT2D eigenvalue weighted by molar-refractivity contribution is -0.170. The molecule has 0 amide bonds. The molecule has 63 heavy (non-hydrogen) atoms. The summed E-state index contributed by atoms with van der Waals surface area (Å²) in [5.41, 5.74) is 4.62. The zero-order valence-corrected chi connectivity index (χ0v) is 37.9. The van der Waals surface area contributed by atoms with E-state index in [0.717, 1.165) is 56.9 Å². The Hall–Kier alpha value is -5.53. The Balaban J connectivity index is 2.11. The van der Waals surface area contributed by atoms with Gasteiger partial charge in [0.2, 0.25) is 0 Å². The molecule has 0 unspecified atom stereocenters. The smallest absolute Gasteiger partial charge is 0.417 e. The van der Waals surface area contributed by atoms with Crippen molar-refractivity contribution in [2.45, 2.75) is 117 Å². The van der Waals surface area contributed by atoms with Gasteiger partial charge in [-0.15, -0.1) is 0 Å². The van der Waals surface area contributed by atoms with Crippen molar-refractivity contribution in [2.24, 2.45) is 11.8 Å². The monoisotopic (exact) mass is 880 g/mol. The second-order valence-corrected chi connectivity index (χ2v) is 16.1. The van der Waals surface area contributed by atoms with Crippen molar-refractivity contribution in [2.75, 3.05) is 47.3 Å². The van der Waals surface area contributed by atoms with Crippen LogP contribution in [0.1, 0.15) is 120 Å². The van der Waals surface area contributed by atoms with Crippen LogP contribution in [0, 0.1) is 17.7 Å². The molecule has 0 radical (unpaired) electrons. The summed E-state index contributed by atoms with van der Waals surface area (Å²) >= 11 is 0. The highest BCUT2D eigenvalue weighted by molar-refractivity contribution is 6.30. The molecule has 0 saturated heterocycles. The molecular formula is C49H65FO13. The van der Waals surface area contributed by atoms with Crippen LogP contribution in [-0.2, 0) is 76.5 Å². The molecule has 1 fully saturated rings. The number of benzene rings is 2. The van der Waals surface area contributed by atoms with E-state index in [2.05, 4.69) is 29.6 Å². The number of hydrogen-bond acceptors (Lipinski definition) is 13. The standard InChI is InChI=1S/C49H65FO13/c1-9-11-12-15-33-18-20-35(21-19-33)36-22-23-39(42(50)27-36)41-26-37(16-13-24-59-44(51)31(3)4)43(40(38(41)10-2)17-14-25-60-45(52)32(5)6)61-28-34(29-62-48(55)46(53)57-7)30-63-49(56)47(54)58-8/h22-23,26-27,33-35H,3,5,9-21,24-25,28-30H2,1-2,4,6-8H3. The zero-order chi connectivity index (χ0) is 46.5. The second kappa shape index (κ2) is 26.8. The van der Waals surface area contributed by atoms with E-state index in [9.17, 15) is 28.8 Å². The molecule has 3 rings (SSSR count). The minimum absolute atomic E-state index is 0.0433. The van der Waals surface area contributed by atoms with Crippen LogP contribution in [0.25, 0.3) is 11.1 Å². The normalized spacial score (nSPS) is 14.6. The maximum Gasteiger partial charge on any atom is 0.417 e. The fourth-order valence-electron chi connectivity index (χ4n) is 7.67. The Morgan fingerprint density at radius 1 is 0.667 bits per heavy atom. The number of carbonyl (C=O) groups excluding carboxylic acids is 6. The summed E-state index contributed by atoms with van der Waals surface area (Å²) in [6.45, 7) is 13.4. The molecule has 0 N–H and O–H groups in total. The first-order valence-corrected chi connectivity index (χ1v) is 21.9. The van der Waals surface area contributed by atoms with Crippen LogP contribution < -0.4 is 4.74 Å². The first-order chi connectivity index (χ1) is 30.1. The minimum atomic E-state index is -1.29. The number of ether oxygens (including phenoxy) is 7. The van der Waals surface area contributed by atoms with E-state index in [4.69, 9.17) is 23.7 Å². The maximum atomic E-state index is 16.6. The van der Waals surface area contributed by atoms with E-state index in [1.165, 1.54) is 25.7 Å². The van der Waals surface area contributed by atoms with Crippen molar-refractivity contribution in [3.05, 3.63) is 76.6 Å². The van der Waals surface area contributed by atoms with E-state index >= 15 is 4.39 Å². The number of carbonyl (C=O) groups is 6. The number of esters is 6. The Labute approximate surface area is 371 Å². The number of rotatable bonds is 24. The van der Waals surface area contributed by atoms with Crippen molar-refractivity contribution in [3.8, 4) is 16.9 Å². The van der Waals surface area contributed by atoms with E-state index in [-0.39, 0.29) is 42.7 Å². The minimum Gasteiger partial charge on any atom is -0.492 e. The average Bonchev–Trinajstić information content (AvgIpc) is 3.28. The summed E-state index contributed by atoms with van der Waals surface area (Å²) in [5, 5.41) is 0. The van der Waals surface area contributed by atoms with Gasteiger partial charge in [-0.2, -0.15) is 0 Å². The lowest BCUT2D eigenvalue weighted by Crippen LogP contribution is -2.30. The molecule has 0 aliphatic heterocycles. The molecule has 0 spiro atoms. The molecule has 0 aromatic heterocycles. The van der Waals surface area contributed by atoms with Crippen molar-refractivity contribution in [1.82, 2.24) is 0 Å². The molecule has 1 aliphatic rings. The Kier molecular flexibility index (Phi) is 22.1. The molecule has 1 aliphatic carbocycles. The average molecular weight is 881 g/mol. The first-order valence-electron chi connectivity index (χ1n) is 21.9. The number of halogens is 1. The summed E-state index contributed by atoms with van der Waals surface area (Å²) in [7, 11) is 2.03. The van der Waals surface area contributed by atoms with Crippen LogP contribution in [0.2, 0.25) is 0 Å². The molecule has 1 saturated carbocycles. The van der Waals surface area contributed by atoms with Gasteiger partial charge in [0.1, 0.15) is 24.8 Å². The highest BCUT2D eigenvalue weighted by atomic mass is 19.1. The highest BCUT2D eigenvalue weighted by Gasteiger charge is 2.27. The van der Waals surface area contributed by atoms with Gasteiger partial charge in [-0.25, -0.2) is 33.2 Å². The Morgan fingerprint density at radius 2 is 1.24 bits per heavy atom. The van der Waals surface area contributed by atoms with Gasteiger partial charge < -0.3 is 33.2 Å². The molecule has 0 bridgehead atoms. The van der Waals surface area contributed by atoms with Gasteiger partial charge in [0.05, 0.1) is 40.0 Å². The molecule has 2 aromatic carbocycles. The van der Waals surface area contributed by atoms with Crippen LogP contribution in [0.15, 0.2) is 48.6 Å². The van der Waals surface area contributed by atoms with Crippen LogP contribution in [0.4, 0.5) is 4.39 Å². The predicted molar refractivity (Wildman–Crippen MR) is 233 cm³/mol. The van der Waals surface area contributed by atoms with Crippen molar-refractivity contribution < 1.29 is 66.3 Å². The molecule has 2 aromatic rings. The third-order valence-electron chi connectivity index (χ3n) is 11.1. The van der Waals surface area contributed by atoms with Crippen LogP contribution in [0.3, 0.4) is 0 Å². The number of methoxy groups -OCH3 is 2. The van der Waals surface area contributed by atoms with Gasteiger partial charge in [0, 0.05) is 16.7 Å². The van der Waals surface area contributed by atoms with E-state index in [1.807, 2.05) is 25.1 Å². The second-order valence-electron chi connectivity index (χ2n) is 16.1. The van der Waals surface area contributed by atoms with Gasteiger partial charge in [0.15, 0.2) is 0 Å². The van der Waals surface area contributed by atoms with Crippen molar-refractivity contribution >= 4 is 35.8 Å². The molecule has 0 atom stereocenters. The van der Waals surface area contributed by atoms with Crippen LogP contribution in [-0.4, -0.2) is 83.1 Å². The van der Waals surface area contributed by atoms with Crippen LogP contribution in [0.5, 0.6) is 5.75 Å². The maximum absolute atomic E-state index is 16.6. The van der Waals surface area contributed by atoms with Gasteiger partial charge in [-0.05, 0) is 123 Å². The fourth-order valence-corrected chi connectivity index (χ4v) is 7.67. The van der Waals surface area contributed by atoms with Crippen LogP contribution >= 0.6 is 0 Å². The fraction of sp³-hybridized carbons (Fsp3) is 0.551. The SMILES string of the molecule is C=C(C)C(=O)OCCCc1cc(-c2ccc(C3CCC(CCCCC)CC3)cc2F)c(CC)c(CCCOC(=O)C(=C)C)c1OCC(COC(=O)C(=O)OC)COC(=O)C(=O)OC. The summed E-state index contributed by atoms with van der Waals surface area (Å²) in [6.07, 6.45) is 11.0. The topological polar surface area (TPSA) is 167 Å². The molecule has 13 nitrogen and oxygen atoms in total. The van der Waals surface area contributed by atoms with Gasteiger partial charge >= 0.3 is 35.8 Å². The summed E-state index contributed by atoms with van der Waals surface area (Å²) in [6, 6.07) is 7.38. The molecular weight excluding hydrogens is 816 g/mol. The summed E-state index contributed by atoms with van der Waals surface area (Å²) in [4.78, 5) is 72.7. The van der Waals surface area contributed by atoms with E-state index in [0.29, 0.717) is 60.1 Å². The number of aryl methyl sites for hydroxylation is 1. The van der Waals surface area contributed by atoms with Gasteiger partial charge in [0.25, 0.3) is 0 Å². The Bertz CT molecular complexity index is 1900. The summed E-state index contributed by atoms with van der Waals surface area (Å²) in [5.74, 6) is -6.06. The summed E-state index contributed by atoms with van der Waals surface area (Å²) < 4.78 is 53.1. The lowest BCUT2D eigenvalue weighted by Gasteiger charge is -2.29. The molecule has 346 valence electrons. The zero-order valence-electron chi connectivity index (χ0n) is 37.9. The third kappa shape index (κ3) is 16.3. The first kappa shape index (κ1) is 51.8.